The summed E-state index contributed by atoms with van der Waals surface area (Å²) in [6.07, 6.45) is 3.41. The third-order valence-corrected chi connectivity index (χ3v) is 3.50. The zero-order chi connectivity index (χ0) is 18.2. The fraction of sp³-hybridized carbons (Fsp3) is 0.0909. The Hall–Kier alpha value is -3.76. The van der Waals surface area contributed by atoms with E-state index in [0.29, 0.717) is 34.0 Å². The van der Waals surface area contributed by atoms with E-state index in [1.54, 1.807) is 26.6 Å². The van der Waals surface area contributed by atoms with Crippen molar-refractivity contribution in [1.82, 2.24) is 9.97 Å². The summed E-state index contributed by atoms with van der Waals surface area (Å²) >= 11 is 0. The molecule has 0 N–H and O–H groups in total. The van der Waals surface area contributed by atoms with Gasteiger partial charge in [0.1, 0.15) is 22.9 Å². The van der Waals surface area contributed by atoms with Crippen molar-refractivity contribution in [3.8, 4) is 35.2 Å². The van der Waals surface area contributed by atoms with Crippen molar-refractivity contribution in [3.63, 3.8) is 0 Å². The van der Waals surface area contributed by atoms with Crippen molar-refractivity contribution in [2.24, 2.45) is 0 Å². The van der Waals surface area contributed by atoms with Gasteiger partial charge in [0.25, 0.3) is 0 Å². The second kappa shape index (κ2) is 8.37. The lowest BCUT2D eigenvalue weighted by Crippen LogP contribution is -1.94. The molecule has 1 aromatic carbocycles. The first kappa shape index (κ1) is 17.1. The minimum Gasteiger partial charge on any atom is -0.495 e. The van der Waals surface area contributed by atoms with Crippen molar-refractivity contribution in [1.29, 1.82) is 0 Å². The maximum atomic E-state index is 5.46. The number of hydrogen-bond donors (Lipinski definition) is 0. The van der Waals surface area contributed by atoms with Gasteiger partial charge in [-0.05, 0) is 36.1 Å². The van der Waals surface area contributed by atoms with E-state index in [2.05, 4.69) is 33.6 Å². The molecule has 2 heterocycles. The second-order valence-corrected chi connectivity index (χ2v) is 5.18. The molecule has 0 radical (unpaired) electrons. The van der Waals surface area contributed by atoms with E-state index in [1.807, 2.05) is 48.5 Å². The van der Waals surface area contributed by atoms with E-state index in [1.165, 1.54) is 0 Å². The van der Waals surface area contributed by atoms with Crippen LogP contribution in [0, 0.1) is 23.7 Å². The molecule has 0 unspecified atom stereocenters. The van der Waals surface area contributed by atoms with Crippen LogP contribution in [-0.2, 0) is 0 Å². The summed E-state index contributed by atoms with van der Waals surface area (Å²) in [6, 6.07) is 14.8. The molecule has 0 aliphatic rings. The Balaban J connectivity index is 1.99. The average molecular weight is 340 g/mol. The zero-order valence-electron chi connectivity index (χ0n) is 14.5. The normalized spacial score (nSPS) is 9.31. The Morgan fingerprint density at radius 1 is 0.654 bits per heavy atom. The third-order valence-electron chi connectivity index (χ3n) is 3.50. The topological polar surface area (TPSA) is 44.2 Å². The summed E-state index contributed by atoms with van der Waals surface area (Å²) in [6.45, 7) is 0. The van der Waals surface area contributed by atoms with Crippen LogP contribution >= 0.6 is 0 Å². The molecule has 0 bridgehead atoms. The van der Waals surface area contributed by atoms with Gasteiger partial charge >= 0.3 is 0 Å². The maximum Gasteiger partial charge on any atom is 0.136 e. The van der Waals surface area contributed by atoms with E-state index >= 15 is 0 Å². The first-order valence-corrected chi connectivity index (χ1v) is 7.92. The highest BCUT2D eigenvalue weighted by atomic mass is 16.5. The van der Waals surface area contributed by atoms with Crippen LogP contribution < -0.4 is 9.47 Å². The van der Waals surface area contributed by atoms with Crippen LogP contribution in [-0.4, -0.2) is 24.2 Å². The summed E-state index contributed by atoms with van der Waals surface area (Å²) in [7, 11) is 3.20. The van der Waals surface area contributed by atoms with Crippen LogP contribution in [0.25, 0.3) is 0 Å². The van der Waals surface area contributed by atoms with Crippen LogP contribution in [0.3, 0.4) is 0 Å². The highest BCUT2D eigenvalue weighted by Crippen LogP contribution is 2.28. The molecule has 0 saturated heterocycles. The molecule has 2 aromatic heterocycles. The van der Waals surface area contributed by atoms with Gasteiger partial charge in [-0.25, -0.2) is 9.97 Å². The Morgan fingerprint density at radius 3 is 1.46 bits per heavy atom. The molecule has 0 aliphatic heterocycles. The number of hydrogen-bond acceptors (Lipinski definition) is 4. The molecule has 26 heavy (non-hydrogen) atoms. The molecular weight excluding hydrogens is 324 g/mol. The van der Waals surface area contributed by atoms with Gasteiger partial charge in [-0.3, -0.25) is 0 Å². The molecule has 3 rings (SSSR count). The monoisotopic (exact) mass is 340 g/mol. The number of aromatic nitrogens is 2. The van der Waals surface area contributed by atoms with Gasteiger partial charge in [0.05, 0.1) is 25.3 Å². The largest absolute Gasteiger partial charge is 0.495 e. The highest BCUT2D eigenvalue weighted by molar-refractivity contribution is 5.60. The maximum absolute atomic E-state index is 5.46. The van der Waals surface area contributed by atoms with Gasteiger partial charge in [-0.1, -0.05) is 24.0 Å². The number of benzene rings is 1. The lowest BCUT2D eigenvalue weighted by molar-refractivity contribution is 0.401. The third kappa shape index (κ3) is 4.20. The number of ether oxygens (including phenoxy) is 2. The summed E-state index contributed by atoms with van der Waals surface area (Å²) in [5.74, 6) is 13.4. The SMILES string of the molecule is COc1cc(C#Cc2ccccn2)c(OC)cc1C#Cc1ccccn1. The predicted molar refractivity (Wildman–Crippen MR) is 100.0 cm³/mol. The van der Waals surface area contributed by atoms with Gasteiger partial charge in [-0.15, -0.1) is 0 Å². The molecule has 0 amide bonds. The lowest BCUT2D eigenvalue weighted by Gasteiger charge is -2.08. The molecule has 0 saturated carbocycles. The van der Waals surface area contributed by atoms with Crippen molar-refractivity contribution in [2.75, 3.05) is 14.2 Å². The van der Waals surface area contributed by atoms with E-state index in [-0.39, 0.29) is 0 Å². The van der Waals surface area contributed by atoms with Crippen molar-refractivity contribution in [3.05, 3.63) is 83.4 Å². The molecule has 0 fully saturated rings. The Bertz CT molecular complexity index is 923. The molecular formula is C22H16N2O2. The van der Waals surface area contributed by atoms with Crippen LogP contribution in [0.5, 0.6) is 11.5 Å². The average Bonchev–Trinajstić information content (AvgIpc) is 2.72. The van der Waals surface area contributed by atoms with E-state index < -0.39 is 0 Å². The summed E-state index contributed by atoms with van der Waals surface area (Å²) < 4.78 is 10.9. The molecule has 126 valence electrons. The summed E-state index contributed by atoms with van der Waals surface area (Å²) in [5, 5.41) is 0. The van der Waals surface area contributed by atoms with Gasteiger partial charge in [0, 0.05) is 24.5 Å². The van der Waals surface area contributed by atoms with Crippen LogP contribution in [0.1, 0.15) is 22.5 Å². The number of methoxy groups -OCH3 is 2. The lowest BCUT2D eigenvalue weighted by atomic mass is 10.1. The van der Waals surface area contributed by atoms with Gasteiger partial charge in [0.2, 0.25) is 0 Å². The fourth-order valence-corrected chi connectivity index (χ4v) is 2.23. The van der Waals surface area contributed by atoms with Crippen LogP contribution in [0.4, 0.5) is 0 Å². The zero-order valence-corrected chi connectivity index (χ0v) is 14.5. The fourth-order valence-electron chi connectivity index (χ4n) is 2.23. The van der Waals surface area contributed by atoms with Crippen LogP contribution in [0.15, 0.2) is 60.9 Å². The number of rotatable bonds is 2. The van der Waals surface area contributed by atoms with Crippen LogP contribution in [0.2, 0.25) is 0 Å². The quantitative estimate of drug-likeness (QED) is 0.672. The molecule has 4 heteroatoms. The smallest absolute Gasteiger partial charge is 0.136 e. The molecule has 3 aromatic rings. The Morgan fingerprint density at radius 2 is 1.12 bits per heavy atom. The van der Waals surface area contributed by atoms with Crippen molar-refractivity contribution < 1.29 is 9.47 Å². The Labute approximate surface area is 152 Å². The highest BCUT2D eigenvalue weighted by Gasteiger charge is 2.08. The second-order valence-electron chi connectivity index (χ2n) is 5.18. The molecule has 0 aliphatic carbocycles. The first-order chi connectivity index (χ1) is 12.8. The summed E-state index contributed by atoms with van der Waals surface area (Å²) in [4.78, 5) is 8.39. The Kier molecular flexibility index (Phi) is 5.50. The minimum absolute atomic E-state index is 0.625. The molecule has 4 nitrogen and oxygen atoms in total. The summed E-state index contributed by atoms with van der Waals surface area (Å²) in [5.41, 5.74) is 2.79. The minimum atomic E-state index is 0.625. The standard InChI is InChI=1S/C22H16N2O2/c1-25-21-15-18(10-12-20-8-4-6-14-24-20)22(26-2)16-17(21)9-11-19-7-3-5-13-23-19/h3-8,13-16H,1-2H3. The number of pyridine rings is 2. The first-order valence-electron chi connectivity index (χ1n) is 7.92. The van der Waals surface area contributed by atoms with Gasteiger partial charge in [0.15, 0.2) is 0 Å². The van der Waals surface area contributed by atoms with Gasteiger partial charge < -0.3 is 9.47 Å². The molecule has 0 spiro atoms. The van der Waals surface area contributed by atoms with E-state index in [9.17, 15) is 0 Å². The number of nitrogens with zero attached hydrogens (tertiary/aromatic N) is 2. The predicted octanol–water partition coefficient (Wildman–Crippen LogP) is 3.29. The van der Waals surface area contributed by atoms with E-state index in [0.717, 1.165) is 0 Å². The van der Waals surface area contributed by atoms with Crippen molar-refractivity contribution in [2.45, 2.75) is 0 Å². The van der Waals surface area contributed by atoms with Gasteiger partial charge in [-0.2, -0.15) is 0 Å². The van der Waals surface area contributed by atoms with Crippen molar-refractivity contribution >= 4 is 0 Å². The van der Waals surface area contributed by atoms with E-state index in [4.69, 9.17) is 9.47 Å². The molecule has 0 atom stereocenters.